The molecule has 0 aliphatic heterocycles. The highest BCUT2D eigenvalue weighted by molar-refractivity contribution is 7.99. The van der Waals surface area contributed by atoms with Crippen molar-refractivity contribution in [1.29, 1.82) is 0 Å². The zero-order chi connectivity index (χ0) is 26.3. The van der Waals surface area contributed by atoms with Crippen LogP contribution in [0.4, 0.5) is 11.4 Å². The maximum absolute atomic E-state index is 12.8. The van der Waals surface area contributed by atoms with E-state index in [2.05, 4.69) is 22.2 Å². The van der Waals surface area contributed by atoms with Gasteiger partial charge in [0.25, 0.3) is 15.9 Å². The van der Waals surface area contributed by atoms with E-state index in [-0.39, 0.29) is 10.8 Å². The monoisotopic (exact) mass is 532 g/mol. The second-order valence-electron chi connectivity index (χ2n) is 8.44. The molecular weight excluding hydrogens is 504 g/mol. The van der Waals surface area contributed by atoms with Crippen molar-refractivity contribution in [2.75, 3.05) is 22.4 Å². The molecule has 4 aromatic rings. The number of anilines is 2. The van der Waals surface area contributed by atoms with Crippen molar-refractivity contribution < 1.29 is 17.9 Å². The Morgan fingerprint density at radius 1 is 0.865 bits per heavy atom. The Kier molecular flexibility index (Phi) is 8.53. The Labute approximate surface area is 222 Å². The van der Waals surface area contributed by atoms with Gasteiger partial charge in [-0.1, -0.05) is 30.3 Å². The van der Waals surface area contributed by atoms with Gasteiger partial charge in [0.05, 0.1) is 17.2 Å². The molecule has 0 heterocycles. The van der Waals surface area contributed by atoms with Crippen LogP contribution in [0.3, 0.4) is 0 Å². The van der Waals surface area contributed by atoms with E-state index >= 15 is 0 Å². The lowest BCUT2D eigenvalue weighted by molar-refractivity contribution is 0.102. The highest BCUT2D eigenvalue weighted by Gasteiger charge is 2.16. The first-order valence-electron chi connectivity index (χ1n) is 11.7. The smallest absolute Gasteiger partial charge is 0.261 e. The number of hydrogen-bond acceptors (Lipinski definition) is 5. The predicted octanol–water partition coefficient (Wildman–Crippen LogP) is 6.53. The van der Waals surface area contributed by atoms with Crippen molar-refractivity contribution in [1.82, 2.24) is 0 Å². The standard InChI is InChI=1S/C29H28N2O4S2/c1-21-8-9-22(2)28(20-21)31-37(33,34)27-16-12-24(13-17-27)30-29(32)23-10-14-25(15-11-23)35-18-19-36-26-6-4-3-5-7-26/h3-17,20,31H,18-19H2,1-2H3,(H,30,32). The first-order chi connectivity index (χ1) is 17.8. The van der Waals surface area contributed by atoms with Crippen LogP contribution in [0, 0.1) is 13.8 Å². The summed E-state index contributed by atoms with van der Waals surface area (Å²) in [7, 11) is -3.76. The number of carbonyl (C=O) groups excluding carboxylic acids is 1. The number of benzene rings is 4. The summed E-state index contributed by atoms with van der Waals surface area (Å²) in [6.45, 7) is 4.31. The number of rotatable bonds is 10. The van der Waals surface area contributed by atoms with E-state index < -0.39 is 10.0 Å². The van der Waals surface area contributed by atoms with Crippen molar-refractivity contribution in [2.45, 2.75) is 23.6 Å². The molecule has 6 nitrogen and oxygen atoms in total. The lowest BCUT2D eigenvalue weighted by Gasteiger charge is -2.12. The fraction of sp³-hybridized carbons (Fsp3) is 0.138. The van der Waals surface area contributed by atoms with Gasteiger partial charge in [0.2, 0.25) is 0 Å². The number of ether oxygens (including phenoxy) is 1. The Morgan fingerprint density at radius 2 is 1.57 bits per heavy atom. The largest absolute Gasteiger partial charge is 0.493 e. The van der Waals surface area contributed by atoms with Gasteiger partial charge >= 0.3 is 0 Å². The number of hydrogen-bond donors (Lipinski definition) is 2. The number of aryl methyl sites for hydroxylation is 2. The first-order valence-corrected chi connectivity index (χ1v) is 14.2. The molecule has 4 aromatic carbocycles. The Morgan fingerprint density at radius 3 is 2.27 bits per heavy atom. The fourth-order valence-corrected chi connectivity index (χ4v) is 5.38. The van der Waals surface area contributed by atoms with Gasteiger partial charge in [-0.2, -0.15) is 0 Å². The van der Waals surface area contributed by atoms with E-state index in [0.717, 1.165) is 16.9 Å². The molecule has 0 aliphatic rings. The van der Waals surface area contributed by atoms with E-state index in [0.29, 0.717) is 29.3 Å². The van der Waals surface area contributed by atoms with Gasteiger partial charge in [0, 0.05) is 21.9 Å². The molecule has 0 aliphatic carbocycles. The van der Waals surface area contributed by atoms with E-state index in [9.17, 15) is 13.2 Å². The summed E-state index contributed by atoms with van der Waals surface area (Å²) in [5.41, 5.74) is 3.30. The van der Waals surface area contributed by atoms with Crippen LogP contribution in [0.2, 0.25) is 0 Å². The minimum Gasteiger partial charge on any atom is -0.493 e. The lowest BCUT2D eigenvalue weighted by Crippen LogP contribution is -2.15. The molecule has 0 atom stereocenters. The van der Waals surface area contributed by atoms with Gasteiger partial charge in [-0.3, -0.25) is 9.52 Å². The van der Waals surface area contributed by atoms with Gasteiger partial charge in [-0.15, -0.1) is 11.8 Å². The van der Waals surface area contributed by atoms with Gasteiger partial charge < -0.3 is 10.1 Å². The van der Waals surface area contributed by atoms with Crippen LogP contribution in [0.25, 0.3) is 0 Å². The van der Waals surface area contributed by atoms with Crippen LogP contribution in [-0.2, 0) is 10.0 Å². The topological polar surface area (TPSA) is 84.5 Å². The van der Waals surface area contributed by atoms with Gasteiger partial charge in [0.15, 0.2) is 0 Å². The van der Waals surface area contributed by atoms with Crippen LogP contribution in [0.1, 0.15) is 21.5 Å². The maximum Gasteiger partial charge on any atom is 0.261 e. The zero-order valence-electron chi connectivity index (χ0n) is 20.6. The van der Waals surface area contributed by atoms with Gasteiger partial charge in [0.1, 0.15) is 5.75 Å². The minimum absolute atomic E-state index is 0.110. The fourth-order valence-electron chi connectivity index (χ4n) is 3.51. The number of thioether (sulfide) groups is 1. The number of nitrogens with one attached hydrogen (secondary N) is 2. The predicted molar refractivity (Wildman–Crippen MR) is 150 cm³/mol. The number of amides is 1. The summed E-state index contributed by atoms with van der Waals surface area (Å²) < 4.78 is 34.0. The van der Waals surface area contributed by atoms with Gasteiger partial charge in [-0.05, 0) is 91.7 Å². The second-order valence-corrected chi connectivity index (χ2v) is 11.3. The summed E-state index contributed by atoms with van der Waals surface area (Å²) in [4.78, 5) is 14.0. The highest BCUT2D eigenvalue weighted by atomic mass is 32.2. The summed E-state index contributed by atoms with van der Waals surface area (Å²) in [6, 6.07) is 28.7. The molecule has 1 amide bonds. The molecule has 0 saturated carbocycles. The molecule has 8 heteroatoms. The van der Waals surface area contributed by atoms with E-state index in [4.69, 9.17) is 4.74 Å². The highest BCUT2D eigenvalue weighted by Crippen LogP contribution is 2.23. The maximum atomic E-state index is 12.8. The van der Waals surface area contributed by atoms with Crippen molar-refractivity contribution >= 4 is 39.1 Å². The Bertz CT molecular complexity index is 1450. The summed E-state index contributed by atoms with van der Waals surface area (Å²) in [5.74, 6) is 1.21. The Hall–Kier alpha value is -3.75. The lowest BCUT2D eigenvalue weighted by atomic mass is 10.1. The van der Waals surface area contributed by atoms with Crippen LogP contribution in [-0.4, -0.2) is 26.7 Å². The van der Waals surface area contributed by atoms with Crippen molar-refractivity contribution in [3.05, 3.63) is 114 Å². The molecule has 2 N–H and O–H groups in total. The average Bonchev–Trinajstić information content (AvgIpc) is 2.90. The van der Waals surface area contributed by atoms with Crippen molar-refractivity contribution in [3.63, 3.8) is 0 Å². The molecule has 0 unspecified atom stereocenters. The molecule has 37 heavy (non-hydrogen) atoms. The first kappa shape index (κ1) is 26.3. The Balaban J connectivity index is 1.30. The molecule has 0 fully saturated rings. The van der Waals surface area contributed by atoms with Crippen LogP contribution in [0.5, 0.6) is 5.75 Å². The second kappa shape index (κ2) is 12.0. The molecule has 0 saturated heterocycles. The number of sulfonamides is 1. The van der Waals surface area contributed by atoms with Crippen molar-refractivity contribution in [2.24, 2.45) is 0 Å². The third-order valence-corrected chi connectivity index (χ3v) is 7.90. The quantitative estimate of drug-likeness (QED) is 0.179. The molecule has 0 radical (unpaired) electrons. The SMILES string of the molecule is Cc1ccc(C)c(NS(=O)(=O)c2ccc(NC(=O)c3ccc(OCCSc4ccccc4)cc3)cc2)c1. The van der Waals surface area contributed by atoms with Crippen LogP contribution in [0.15, 0.2) is 107 Å². The van der Waals surface area contributed by atoms with Crippen LogP contribution < -0.4 is 14.8 Å². The molecule has 0 aromatic heterocycles. The van der Waals surface area contributed by atoms with E-state index in [1.807, 2.05) is 44.2 Å². The van der Waals surface area contributed by atoms with Crippen LogP contribution >= 0.6 is 11.8 Å². The zero-order valence-corrected chi connectivity index (χ0v) is 22.2. The molecule has 0 spiro atoms. The molecule has 4 rings (SSSR count). The summed E-state index contributed by atoms with van der Waals surface area (Å²) in [5, 5.41) is 2.79. The third-order valence-electron chi connectivity index (χ3n) is 5.54. The molecule has 190 valence electrons. The summed E-state index contributed by atoms with van der Waals surface area (Å²) in [6.07, 6.45) is 0. The average molecular weight is 533 g/mol. The van der Waals surface area contributed by atoms with Gasteiger partial charge in [-0.25, -0.2) is 8.42 Å². The molecule has 0 bridgehead atoms. The normalized spacial score (nSPS) is 11.1. The summed E-state index contributed by atoms with van der Waals surface area (Å²) >= 11 is 1.72. The minimum atomic E-state index is -3.76. The van der Waals surface area contributed by atoms with Crippen molar-refractivity contribution in [3.8, 4) is 5.75 Å². The third kappa shape index (κ3) is 7.38. The van der Waals surface area contributed by atoms with E-state index in [1.165, 1.54) is 17.0 Å². The number of carbonyl (C=O) groups is 1. The molecular formula is C29H28N2O4S2. The van der Waals surface area contributed by atoms with E-state index in [1.54, 1.807) is 54.2 Å².